The van der Waals surface area contributed by atoms with E-state index < -0.39 is 0 Å². The standard InChI is InChI=1S/C23H22ClN5OS2/c1-4-16-9-11-18(12-10-16)29(15(2)30)22-25-17(13-31-22)14-32-23-27-26-21(28(23)3)19-7-5-6-8-20(19)24/h5-13H,4,14H2,1-3H3. The number of amides is 1. The summed E-state index contributed by atoms with van der Waals surface area (Å²) in [6.07, 6.45) is 0.958. The zero-order chi connectivity index (χ0) is 22.7. The van der Waals surface area contributed by atoms with Gasteiger partial charge in [0.2, 0.25) is 5.91 Å². The van der Waals surface area contributed by atoms with E-state index in [0.717, 1.165) is 34.3 Å². The third-order valence-electron chi connectivity index (χ3n) is 4.95. The summed E-state index contributed by atoms with van der Waals surface area (Å²) in [5.41, 5.74) is 3.78. The van der Waals surface area contributed by atoms with Gasteiger partial charge >= 0.3 is 0 Å². The van der Waals surface area contributed by atoms with Gasteiger partial charge in [0.15, 0.2) is 16.1 Å². The first-order valence-electron chi connectivity index (χ1n) is 10.1. The maximum atomic E-state index is 12.4. The average Bonchev–Trinajstić information content (AvgIpc) is 3.40. The number of hydrogen-bond acceptors (Lipinski definition) is 6. The topological polar surface area (TPSA) is 63.9 Å². The Balaban J connectivity index is 1.50. The van der Waals surface area contributed by atoms with Crippen molar-refractivity contribution in [2.45, 2.75) is 31.2 Å². The molecule has 2 aromatic heterocycles. The Hall–Kier alpha value is -2.68. The first kappa shape index (κ1) is 22.5. The van der Waals surface area contributed by atoms with Gasteiger partial charge in [-0.2, -0.15) is 0 Å². The summed E-state index contributed by atoms with van der Waals surface area (Å²) in [5.74, 6) is 1.27. The van der Waals surface area contributed by atoms with Crippen LogP contribution < -0.4 is 4.90 Å². The van der Waals surface area contributed by atoms with Gasteiger partial charge < -0.3 is 4.57 Å². The molecule has 32 heavy (non-hydrogen) atoms. The van der Waals surface area contributed by atoms with Crippen molar-refractivity contribution >= 4 is 51.4 Å². The Morgan fingerprint density at radius 3 is 2.59 bits per heavy atom. The van der Waals surface area contributed by atoms with E-state index in [1.54, 1.807) is 23.6 Å². The predicted molar refractivity (Wildman–Crippen MR) is 132 cm³/mol. The third kappa shape index (κ3) is 4.72. The number of halogens is 1. The maximum absolute atomic E-state index is 12.4. The molecule has 0 saturated heterocycles. The lowest BCUT2D eigenvalue weighted by Crippen LogP contribution is -2.22. The quantitative estimate of drug-likeness (QED) is 0.296. The molecular formula is C23H22ClN5OS2. The first-order valence-corrected chi connectivity index (χ1v) is 12.3. The van der Waals surface area contributed by atoms with Crippen LogP contribution in [0.2, 0.25) is 5.02 Å². The Kier molecular flexibility index (Phi) is 6.93. The summed E-state index contributed by atoms with van der Waals surface area (Å²) in [6.45, 7) is 3.66. The Labute approximate surface area is 200 Å². The van der Waals surface area contributed by atoms with Gasteiger partial charge in [0, 0.05) is 30.7 Å². The van der Waals surface area contributed by atoms with Crippen molar-refractivity contribution < 1.29 is 4.79 Å². The number of hydrogen-bond donors (Lipinski definition) is 0. The van der Waals surface area contributed by atoms with Crippen LogP contribution in [0.4, 0.5) is 10.8 Å². The van der Waals surface area contributed by atoms with Gasteiger partial charge in [-0.15, -0.1) is 21.5 Å². The fourth-order valence-electron chi connectivity index (χ4n) is 3.23. The summed E-state index contributed by atoms with van der Waals surface area (Å²) in [4.78, 5) is 18.7. The molecule has 0 aliphatic rings. The second-order valence-corrected chi connectivity index (χ2v) is 9.32. The van der Waals surface area contributed by atoms with Crippen LogP contribution in [0.25, 0.3) is 11.4 Å². The van der Waals surface area contributed by atoms with Gasteiger partial charge in [-0.25, -0.2) is 4.98 Å². The number of rotatable bonds is 7. The minimum absolute atomic E-state index is 0.0690. The normalized spacial score (nSPS) is 11.0. The van der Waals surface area contributed by atoms with E-state index in [1.807, 2.05) is 65.5 Å². The third-order valence-corrected chi connectivity index (χ3v) is 7.21. The number of anilines is 2. The molecule has 0 atom stereocenters. The molecule has 164 valence electrons. The van der Waals surface area contributed by atoms with Crippen molar-refractivity contribution in [3.05, 3.63) is 70.2 Å². The highest BCUT2D eigenvalue weighted by atomic mass is 35.5. The SMILES string of the molecule is CCc1ccc(N(C(C)=O)c2nc(CSc3nnc(-c4ccccc4Cl)n3C)cs2)cc1. The van der Waals surface area contributed by atoms with E-state index in [1.165, 1.54) is 16.9 Å². The lowest BCUT2D eigenvalue weighted by Gasteiger charge is -2.18. The van der Waals surface area contributed by atoms with E-state index in [4.69, 9.17) is 16.6 Å². The number of thiazole rings is 1. The Bertz CT molecular complexity index is 1240. The number of aromatic nitrogens is 4. The molecule has 0 aliphatic carbocycles. The number of thioether (sulfide) groups is 1. The van der Waals surface area contributed by atoms with Gasteiger partial charge in [0.25, 0.3) is 0 Å². The largest absolute Gasteiger partial charge is 0.305 e. The van der Waals surface area contributed by atoms with Crippen LogP contribution in [0, 0.1) is 0 Å². The van der Waals surface area contributed by atoms with E-state index in [9.17, 15) is 4.79 Å². The van der Waals surface area contributed by atoms with Crippen molar-refractivity contribution in [3.63, 3.8) is 0 Å². The number of benzene rings is 2. The molecule has 0 bridgehead atoms. The summed E-state index contributed by atoms with van der Waals surface area (Å²) < 4.78 is 1.93. The molecule has 1 amide bonds. The van der Waals surface area contributed by atoms with Crippen LogP contribution in [0.1, 0.15) is 25.1 Å². The second kappa shape index (κ2) is 9.85. The van der Waals surface area contributed by atoms with Gasteiger partial charge in [-0.1, -0.05) is 54.6 Å². The van der Waals surface area contributed by atoms with Crippen molar-refractivity contribution in [2.24, 2.45) is 7.05 Å². The van der Waals surface area contributed by atoms with Gasteiger partial charge in [0.05, 0.1) is 16.4 Å². The zero-order valence-electron chi connectivity index (χ0n) is 17.9. The molecule has 2 aromatic carbocycles. The van der Waals surface area contributed by atoms with Crippen molar-refractivity contribution in [1.29, 1.82) is 0 Å². The molecule has 2 heterocycles. The molecule has 0 aliphatic heterocycles. The number of carbonyl (C=O) groups is 1. The van der Waals surface area contributed by atoms with Crippen LogP contribution in [0.5, 0.6) is 0 Å². The van der Waals surface area contributed by atoms with Gasteiger partial charge in [-0.3, -0.25) is 9.69 Å². The number of nitrogens with zero attached hydrogens (tertiary/aromatic N) is 5. The Morgan fingerprint density at radius 1 is 1.16 bits per heavy atom. The van der Waals surface area contributed by atoms with Gasteiger partial charge in [0.1, 0.15) is 0 Å². The smallest absolute Gasteiger partial charge is 0.230 e. The lowest BCUT2D eigenvalue weighted by molar-refractivity contribution is -0.115. The van der Waals surface area contributed by atoms with E-state index in [0.29, 0.717) is 15.9 Å². The molecule has 4 aromatic rings. The molecular weight excluding hydrogens is 462 g/mol. The lowest BCUT2D eigenvalue weighted by atomic mass is 10.1. The van der Waals surface area contributed by atoms with Crippen LogP contribution in [-0.2, 0) is 24.0 Å². The highest BCUT2D eigenvalue weighted by Crippen LogP contribution is 2.32. The molecule has 0 saturated carbocycles. The highest BCUT2D eigenvalue weighted by molar-refractivity contribution is 7.98. The summed E-state index contributed by atoms with van der Waals surface area (Å²) >= 11 is 9.31. The van der Waals surface area contributed by atoms with Crippen LogP contribution in [0.3, 0.4) is 0 Å². The molecule has 0 radical (unpaired) electrons. The van der Waals surface area contributed by atoms with Crippen LogP contribution >= 0.6 is 34.7 Å². The minimum atomic E-state index is -0.0690. The fraction of sp³-hybridized carbons (Fsp3) is 0.217. The molecule has 9 heteroatoms. The number of carbonyl (C=O) groups excluding carboxylic acids is 1. The van der Waals surface area contributed by atoms with Crippen molar-refractivity contribution in [1.82, 2.24) is 19.7 Å². The van der Waals surface area contributed by atoms with Crippen molar-refractivity contribution in [3.8, 4) is 11.4 Å². The summed E-state index contributed by atoms with van der Waals surface area (Å²) in [7, 11) is 1.92. The Morgan fingerprint density at radius 2 is 1.91 bits per heavy atom. The zero-order valence-corrected chi connectivity index (χ0v) is 20.3. The summed E-state index contributed by atoms with van der Waals surface area (Å²) in [5, 5.41) is 12.7. The van der Waals surface area contributed by atoms with Gasteiger partial charge in [-0.05, 0) is 36.2 Å². The van der Waals surface area contributed by atoms with E-state index >= 15 is 0 Å². The maximum Gasteiger partial charge on any atom is 0.230 e. The van der Waals surface area contributed by atoms with Crippen molar-refractivity contribution in [2.75, 3.05) is 4.90 Å². The molecule has 0 spiro atoms. The minimum Gasteiger partial charge on any atom is -0.305 e. The second-order valence-electron chi connectivity index (χ2n) is 7.13. The molecule has 4 rings (SSSR count). The monoisotopic (exact) mass is 483 g/mol. The average molecular weight is 484 g/mol. The molecule has 6 nitrogen and oxygen atoms in total. The highest BCUT2D eigenvalue weighted by Gasteiger charge is 2.19. The molecule has 0 N–H and O–H groups in total. The van der Waals surface area contributed by atoms with Crippen LogP contribution in [0.15, 0.2) is 59.1 Å². The van der Waals surface area contributed by atoms with E-state index in [-0.39, 0.29) is 5.91 Å². The number of aryl methyl sites for hydroxylation is 1. The summed E-state index contributed by atoms with van der Waals surface area (Å²) in [6, 6.07) is 15.6. The molecule has 0 unspecified atom stereocenters. The van der Waals surface area contributed by atoms with Crippen LogP contribution in [-0.4, -0.2) is 25.7 Å². The fourth-order valence-corrected chi connectivity index (χ4v) is 5.25. The first-order chi connectivity index (χ1) is 15.5. The molecule has 0 fully saturated rings. The van der Waals surface area contributed by atoms with E-state index in [2.05, 4.69) is 17.1 Å². The predicted octanol–water partition coefficient (Wildman–Crippen LogP) is 6.13.